The maximum absolute atomic E-state index is 11.9. The lowest BCUT2D eigenvalue weighted by Crippen LogP contribution is -2.43. The summed E-state index contributed by atoms with van der Waals surface area (Å²) < 4.78 is 10.6. The van der Waals surface area contributed by atoms with Gasteiger partial charge in [-0.05, 0) is 13.0 Å². The molecule has 1 saturated heterocycles. The minimum atomic E-state index is -1.18. The number of nitrogens with zero attached hydrogens (tertiary/aromatic N) is 1. The minimum Gasteiger partial charge on any atom is -0.461 e. The zero-order chi connectivity index (χ0) is 16.0. The molecule has 1 atom stereocenters. The Balaban J connectivity index is 2.26. The van der Waals surface area contributed by atoms with E-state index in [4.69, 9.17) is 15.2 Å². The number of esters is 1. The van der Waals surface area contributed by atoms with E-state index < -0.39 is 14.1 Å². The predicted octanol–water partition coefficient (Wildman–Crippen LogP) is 1.82. The summed E-state index contributed by atoms with van der Waals surface area (Å²) in [7, 11) is -1.18. The van der Waals surface area contributed by atoms with Gasteiger partial charge in [0.05, 0.1) is 6.61 Å². The number of carbonyl (C=O) groups excluding carboxylic acids is 2. The van der Waals surface area contributed by atoms with E-state index >= 15 is 0 Å². The Hall–Kier alpha value is -1.08. The maximum atomic E-state index is 11.9. The second-order valence-corrected chi connectivity index (χ2v) is 12.5. The zero-order valence-electron chi connectivity index (χ0n) is 13.6. The normalized spacial score (nSPS) is 18.2. The Morgan fingerprint density at radius 1 is 1.29 bits per heavy atom. The fourth-order valence-corrected chi connectivity index (χ4v) is 2.68. The summed E-state index contributed by atoms with van der Waals surface area (Å²) in [5.41, 5.74) is 5.46. The number of likely N-dealkylation sites (tertiary alicyclic amines) is 1. The van der Waals surface area contributed by atoms with Gasteiger partial charge in [-0.15, -0.1) is 0 Å². The molecule has 1 rings (SSSR count). The van der Waals surface area contributed by atoms with Crippen molar-refractivity contribution < 1.29 is 19.1 Å². The average Bonchev–Trinajstić information content (AvgIpc) is 2.37. The van der Waals surface area contributed by atoms with Crippen molar-refractivity contribution in [3.05, 3.63) is 0 Å². The lowest BCUT2D eigenvalue weighted by molar-refractivity contribution is -0.152. The van der Waals surface area contributed by atoms with Crippen LogP contribution in [0.4, 0.5) is 4.79 Å². The van der Waals surface area contributed by atoms with Gasteiger partial charge in [0.25, 0.3) is 0 Å². The number of piperidine rings is 1. The number of amides is 1. The Kier molecular flexibility index (Phi) is 6.67. The number of hydrogen-bond donors (Lipinski definition) is 1. The van der Waals surface area contributed by atoms with Gasteiger partial charge in [0, 0.05) is 34.0 Å². The third-order valence-electron chi connectivity index (χ3n) is 3.43. The second kappa shape index (κ2) is 7.79. The first-order valence-corrected chi connectivity index (χ1v) is 11.3. The van der Waals surface area contributed by atoms with Gasteiger partial charge in [0.2, 0.25) is 0 Å². The van der Waals surface area contributed by atoms with Crippen LogP contribution >= 0.6 is 0 Å². The van der Waals surface area contributed by atoms with Crippen molar-refractivity contribution in [2.75, 3.05) is 19.7 Å². The van der Waals surface area contributed by atoms with Gasteiger partial charge in [-0.2, -0.15) is 0 Å². The summed E-state index contributed by atoms with van der Waals surface area (Å²) in [6, 6.07) is 0.371. The smallest absolute Gasteiger partial charge is 0.409 e. The summed E-state index contributed by atoms with van der Waals surface area (Å²) in [4.78, 5) is 25.0. The highest BCUT2D eigenvalue weighted by Gasteiger charge is 2.27. The third-order valence-corrected chi connectivity index (χ3v) is 5.14. The van der Waals surface area contributed by atoms with Gasteiger partial charge >= 0.3 is 12.1 Å². The number of ether oxygens (including phenoxy) is 2. The van der Waals surface area contributed by atoms with Crippen LogP contribution in [0.25, 0.3) is 0 Å². The van der Waals surface area contributed by atoms with E-state index in [2.05, 4.69) is 19.6 Å². The van der Waals surface area contributed by atoms with Gasteiger partial charge in [0.15, 0.2) is 0 Å². The molecule has 1 aliphatic heterocycles. The molecule has 1 heterocycles. The number of hydrogen-bond acceptors (Lipinski definition) is 5. The molecule has 21 heavy (non-hydrogen) atoms. The van der Waals surface area contributed by atoms with Gasteiger partial charge in [-0.3, -0.25) is 4.79 Å². The summed E-state index contributed by atoms with van der Waals surface area (Å²) in [5.74, 6) is -0.383. The topological polar surface area (TPSA) is 81.9 Å². The summed E-state index contributed by atoms with van der Waals surface area (Å²) >= 11 is 0. The molecular weight excluding hydrogens is 288 g/mol. The molecule has 1 aliphatic rings. The lowest BCUT2D eigenvalue weighted by Gasteiger charge is -2.31. The van der Waals surface area contributed by atoms with Crippen molar-refractivity contribution in [1.82, 2.24) is 4.90 Å². The summed E-state index contributed by atoms with van der Waals surface area (Å²) in [5, 5.41) is 0. The highest BCUT2D eigenvalue weighted by Crippen LogP contribution is 2.16. The van der Waals surface area contributed by atoms with Crippen LogP contribution in [0.5, 0.6) is 0 Å². The van der Waals surface area contributed by atoms with Crippen LogP contribution in [-0.2, 0) is 14.3 Å². The van der Waals surface area contributed by atoms with E-state index in [0.29, 0.717) is 32.5 Å². The Morgan fingerprint density at radius 3 is 2.33 bits per heavy atom. The summed E-state index contributed by atoms with van der Waals surface area (Å²) in [6.45, 7) is 9.96. The third kappa shape index (κ3) is 6.95. The molecule has 6 nitrogen and oxygen atoms in total. The van der Waals surface area contributed by atoms with Gasteiger partial charge in [-0.25, -0.2) is 4.79 Å². The highest BCUT2D eigenvalue weighted by molar-refractivity contribution is 6.76. The van der Waals surface area contributed by atoms with Gasteiger partial charge < -0.3 is 20.1 Å². The van der Waals surface area contributed by atoms with E-state index in [1.165, 1.54) is 0 Å². The largest absolute Gasteiger partial charge is 0.461 e. The monoisotopic (exact) mass is 316 g/mol. The molecule has 1 fully saturated rings. The highest BCUT2D eigenvalue weighted by atomic mass is 28.3. The van der Waals surface area contributed by atoms with Crippen molar-refractivity contribution in [3.63, 3.8) is 0 Å². The zero-order valence-corrected chi connectivity index (χ0v) is 14.6. The molecule has 7 heteroatoms. The van der Waals surface area contributed by atoms with E-state index in [1.807, 2.05) is 0 Å². The van der Waals surface area contributed by atoms with Crippen LogP contribution in [0.15, 0.2) is 0 Å². The number of rotatable bonds is 5. The molecule has 0 aliphatic carbocycles. The molecule has 122 valence electrons. The molecule has 0 radical (unpaired) electrons. The quantitative estimate of drug-likeness (QED) is 0.618. The van der Waals surface area contributed by atoms with Crippen molar-refractivity contribution >= 4 is 20.1 Å². The summed E-state index contributed by atoms with van der Waals surface area (Å²) in [6.07, 6.45) is 0.878. The van der Waals surface area contributed by atoms with Crippen LogP contribution < -0.4 is 5.73 Å². The van der Waals surface area contributed by atoms with Crippen molar-refractivity contribution in [1.29, 1.82) is 0 Å². The molecule has 2 N–H and O–H groups in total. The average molecular weight is 316 g/mol. The Morgan fingerprint density at radius 2 is 1.86 bits per heavy atom. The van der Waals surface area contributed by atoms with E-state index in [-0.39, 0.29) is 18.2 Å². The van der Waals surface area contributed by atoms with Crippen molar-refractivity contribution in [3.8, 4) is 0 Å². The molecule has 0 aromatic rings. The number of carbonyl (C=O) groups is 2. The van der Waals surface area contributed by atoms with E-state index in [9.17, 15) is 9.59 Å². The Bertz CT molecular complexity index is 360. The molecule has 0 spiro atoms. The van der Waals surface area contributed by atoms with Crippen LogP contribution in [-0.4, -0.2) is 56.9 Å². The fraction of sp³-hybridized carbons (Fsp3) is 0.857. The van der Waals surface area contributed by atoms with E-state index in [1.54, 1.807) is 11.8 Å². The first kappa shape index (κ1) is 18.0. The predicted molar refractivity (Wildman–Crippen MR) is 83.8 cm³/mol. The van der Waals surface area contributed by atoms with Crippen LogP contribution in [0.1, 0.15) is 19.8 Å². The molecular formula is C14H28N2O4Si. The van der Waals surface area contributed by atoms with Crippen LogP contribution in [0.2, 0.25) is 25.7 Å². The van der Waals surface area contributed by atoms with Gasteiger partial charge in [0.1, 0.15) is 12.1 Å². The molecule has 0 aromatic heterocycles. The lowest BCUT2D eigenvalue weighted by atomic mass is 10.1. The second-order valence-electron chi connectivity index (χ2n) is 6.84. The van der Waals surface area contributed by atoms with Crippen molar-refractivity contribution in [2.24, 2.45) is 5.73 Å². The standard InChI is InChI=1S/C14H28N2O4Si/c1-11(15)13(17)20-12-5-7-16(8-6-12)14(18)19-9-10-21(2,3)4/h11-12H,5-10,15H2,1-4H3/t11-/m0/s1. The Labute approximate surface area is 128 Å². The molecule has 0 bridgehead atoms. The first-order valence-electron chi connectivity index (χ1n) is 7.57. The maximum Gasteiger partial charge on any atom is 0.409 e. The first-order chi connectivity index (χ1) is 9.69. The molecule has 1 amide bonds. The minimum absolute atomic E-state index is 0.144. The SMILES string of the molecule is C[C@H](N)C(=O)OC1CCN(C(=O)OCC[Si](C)(C)C)CC1. The molecule has 0 aromatic carbocycles. The van der Waals surface area contributed by atoms with E-state index in [0.717, 1.165) is 6.04 Å². The molecule has 0 saturated carbocycles. The van der Waals surface area contributed by atoms with Crippen LogP contribution in [0, 0.1) is 0 Å². The van der Waals surface area contributed by atoms with Gasteiger partial charge in [-0.1, -0.05) is 19.6 Å². The fourth-order valence-electron chi connectivity index (χ4n) is 1.96. The molecule has 0 unspecified atom stereocenters. The van der Waals surface area contributed by atoms with Crippen molar-refractivity contribution in [2.45, 2.75) is 57.6 Å². The van der Waals surface area contributed by atoms with Crippen LogP contribution in [0.3, 0.4) is 0 Å². The number of nitrogens with two attached hydrogens (primary N) is 1.